The lowest BCUT2D eigenvalue weighted by atomic mass is 9.96. The largest absolute Gasteiger partial charge is 0.398 e. The van der Waals surface area contributed by atoms with Crippen LogP contribution in [-0.2, 0) is 14.2 Å². The van der Waals surface area contributed by atoms with Crippen LogP contribution in [0, 0.1) is 10.1 Å². The fraction of sp³-hybridized carbons (Fsp3) is 0.533. The fourth-order valence-corrected chi connectivity index (χ4v) is 3.50. The van der Waals surface area contributed by atoms with Gasteiger partial charge in [0.25, 0.3) is 5.69 Å². The van der Waals surface area contributed by atoms with E-state index in [1.807, 2.05) is 13.8 Å². The summed E-state index contributed by atoms with van der Waals surface area (Å²) in [6, 6.07) is 1.53. The van der Waals surface area contributed by atoms with Gasteiger partial charge in [-0.15, -0.1) is 0 Å². The molecule has 2 N–H and O–H groups in total. The summed E-state index contributed by atoms with van der Waals surface area (Å²) >= 11 is 0. The smallest absolute Gasteiger partial charge is 0.298 e. The minimum absolute atomic E-state index is 0.119. The van der Waals surface area contributed by atoms with Crippen molar-refractivity contribution in [2.24, 2.45) is 0 Å². The van der Waals surface area contributed by atoms with Crippen molar-refractivity contribution < 1.29 is 19.1 Å². The zero-order chi connectivity index (χ0) is 17.6. The molecular formula is C15H20N4O5. The van der Waals surface area contributed by atoms with E-state index in [9.17, 15) is 10.1 Å². The number of anilines is 1. The average molecular weight is 336 g/mol. The first-order valence-corrected chi connectivity index (χ1v) is 7.48. The maximum atomic E-state index is 11.4. The molecular weight excluding hydrogens is 316 g/mol. The third-order valence-electron chi connectivity index (χ3n) is 4.69. The number of nitrogen functional groups attached to an aromatic ring is 1. The Labute approximate surface area is 138 Å². The highest BCUT2D eigenvalue weighted by Crippen LogP contribution is 2.45. The first kappa shape index (κ1) is 16.6. The molecule has 0 radical (unpaired) electrons. The lowest BCUT2D eigenvalue weighted by Gasteiger charge is -2.33. The van der Waals surface area contributed by atoms with Gasteiger partial charge in [-0.3, -0.25) is 14.7 Å². The number of nitrogens with two attached hydrogens (primary N) is 1. The van der Waals surface area contributed by atoms with Crippen LogP contribution in [0.5, 0.6) is 0 Å². The van der Waals surface area contributed by atoms with Crippen molar-refractivity contribution in [3.05, 3.63) is 28.6 Å². The predicted octanol–water partition coefficient (Wildman–Crippen LogP) is 1.86. The van der Waals surface area contributed by atoms with E-state index in [1.165, 1.54) is 18.5 Å². The lowest BCUT2D eigenvalue weighted by molar-refractivity contribution is -0.383. The number of rotatable bonds is 4. The van der Waals surface area contributed by atoms with Gasteiger partial charge in [-0.2, -0.15) is 0 Å². The van der Waals surface area contributed by atoms with Crippen LogP contribution >= 0.6 is 0 Å². The predicted molar refractivity (Wildman–Crippen MR) is 86.6 cm³/mol. The molecule has 1 aliphatic rings. The number of hydrogen-bond acceptors (Lipinski definition) is 7. The minimum Gasteiger partial charge on any atom is -0.398 e. The number of nitrogens with zero attached hydrogens (tertiary/aromatic N) is 3. The Hall–Kier alpha value is -2.23. The first-order chi connectivity index (χ1) is 11.3. The molecule has 0 aliphatic carbocycles. The Bertz CT molecular complexity index is 792. The number of aromatic nitrogens is 2. The van der Waals surface area contributed by atoms with Crippen molar-refractivity contribution in [1.29, 1.82) is 0 Å². The number of methoxy groups -OCH3 is 2. The van der Waals surface area contributed by atoms with Crippen molar-refractivity contribution in [2.75, 3.05) is 20.0 Å². The van der Waals surface area contributed by atoms with Crippen molar-refractivity contribution in [3.8, 4) is 0 Å². The number of ether oxygens (including phenoxy) is 3. The molecule has 4 atom stereocenters. The van der Waals surface area contributed by atoms with E-state index in [0.717, 1.165) is 0 Å². The average Bonchev–Trinajstić information content (AvgIpc) is 3.04. The van der Waals surface area contributed by atoms with Gasteiger partial charge in [0.15, 0.2) is 11.9 Å². The molecule has 0 amide bonds. The molecule has 1 aliphatic heterocycles. The molecule has 3 heterocycles. The van der Waals surface area contributed by atoms with Crippen LogP contribution in [0.25, 0.3) is 11.0 Å². The van der Waals surface area contributed by atoms with Gasteiger partial charge in [0.2, 0.25) is 0 Å². The second-order valence-corrected chi connectivity index (χ2v) is 6.02. The summed E-state index contributed by atoms with van der Waals surface area (Å²) in [7, 11) is 3.14. The Morgan fingerprint density at radius 2 is 2.21 bits per heavy atom. The fourth-order valence-electron chi connectivity index (χ4n) is 3.50. The van der Waals surface area contributed by atoms with Crippen molar-refractivity contribution >= 4 is 22.4 Å². The van der Waals surface area contributed by atoms with Crippen molar-refractivity contribution in [3.63, 3.8) is 0 Å². The Morgan fingerprint density at radius 3 is 2.79 bits per heavy atom. The van der Waals surface area contributed by atoms with Gasteiger partial charge in [-0.25, -0.2) is 4.98 Å². The highest BCUT2D eigenvalue weighted by atomic mass is 16.6. The summed E-state index contributed by atoms with van der Waals surface area (Å²) in [5.41, 5.74) is 5.63. The molecule has 1 saturated heterocycles. The molecule has 9 heteroatoms. The number of fused-ring (bicyclic) bond motifs is 1. The molecule has 2 aromatic heterocycles. The summed E-state index contributed by atoms with van der Waals surface area (Å²) in [4.78, 5) is 15.2. The maximum Gasteiger partial charge on any atom is 0.298 e. The van der Waals surface area contributed by atoms with E-state index in [2.05, 4.69) is 4.98 Å². The van der Waals surface area contributed by atoms with Crippen LogP contribution < -0.4 is 5.73 Å². The lowest BCUT2D eigenvalue weighted by Crippen LogP contribution is -2.46. The molecule has 1 fully saturated rings. The van der Waals surface area contributed by atoms with Gasteiger partial charge in [-0.1, -0.05) is 0 Å². The number of pyridine rings is 1. The third kappa shape index (κ3) is 2.16. The van der Waals surface area contributed by atoms with Gasteiger partial charge in [0.05, 0.1) is 22.9 Å². The molecule has 24 heavy (non-hydrogen) atoms. The van der Waals surface area contributed by atoms with Crippen LogP contribution in [0.15, 0.2) is 18.5 Å². The molecule has 3 unspecified atom stereocenters. The Balaban J connectivity index is 2.23. The highest BCUT2D eigenvalue weighted by Gasteiger charge is 2.54. The summed E-state index contributed by atoms with van der Waals surface area (Å²) in [6.45, 7) is 3.71. The minimum atomic E-state index is -0.847. The molecule has 0 bridgehead atoms. The van der Waals surface area contributed by atoms with E-state index in [4.69, 9.17) is 19.9 Å². The quantitative estimate of drug-likeness (QED) is 0.669. The van der Waals surface area contributed by atoms with Crippen LogP contribution in [0.4, 0.5) is 11.4 Å². The number of hydrogen-bond donors (Lipinski definition) is 1. The zero-order valence-corrected chi connectivity index (χ0v) is 13.9. The van der Waals surface area contributed by atoms with E-state index in [1.54, 1.807) is 18.8 Å². The van der Waals surface area contributed by atoms with Gasteiger partial charge in [-0.05, 0) is 19.9 Å². The highest BCUT2D eigenvalue weighted by molar-refractivity contribution is 5.96. The monoisotopic (exact) mass is 336 g/mol. The normalized spacial score (nSPS) is 30.1. The summed E-state index contributed by atoms with van der Waals surface area (Å²) in [5.74, 6) is 0. The first-order valence-electron chi connectivity index (χ1n) is 7.48. The van der Waals surface area contributed by atoms with Crippen LogP contribution in [0.1, 0.15) is 20.1 Å². The molecule has 9 nitrogen and oxygen atoms in total. The van der Waals surface area contributed by atoms with E-state index >= 15 is 0 Å². The maximum absolute atomic E-state index is 11.4. The topological polar surface area (TPSA) is 115 Å². The second kappa shape index (κ2) is 5.69. The van der Waals surface area contributed by atoms with E-state index in [-0.39, 0.29) is 23.3 Å². The molecule has 2 aromatic rings. The summed E-state index contributed by atoms with van der Waals surface area (Å²) in [6.07, 6.45) is 1.65. The van der Waals surface area contributed by atoms with Crippen molar-refractivity contribution in [1.82, 2.24) is 9.55 Å². The van der Waals surface area contributed by atoms with Gasteiger partial charge >= 0.3 is 0 Å². The summed E-state index contributed by atoms with van der Waals surface area (Å²) in [5, 5.41) is 11.7. The molecule has 0 spiro atoms. The van der Waals surface area contributed by atoms with Crippen LogP contribution in [-0.4, -0.2) is 46.5 Å². The number of nitro groups is 1. The van der Waals surface area contributed by atoms with Gasteiger partial charge in [0.1, 0.15) is 17.1 Å². The second-order valence-electron chi connectivity index (χ2n) is 6.02. The summed E-state index contributed by atoms with van der Waals surface area (Å²) < 4.78 is 18.8. The van der Waals surface area contributed by atoms with E-state index < -0.39 is 16.8 Å². The van der Waals surface area contributed by atoms with Crippen molar-refractivity contribution in [2.45, 2.75) is 37.9 Å². The SMILES string of the molecule is COC1C(C)OC(n2cc([N+](=O)[O-])c3c(N)ccnc32)[C@]1(C)OC. The van der Waals surface area contributed by atoms with Gasteiger partial charge in [0, 0.05) is 20.4 Å². The third-order valence-corrected chi connectivity index (χ3v) is 4.69. The Kier molecular flexibility index (Phi) is 3.94. The van der Waals surface area contributed by atoms with Crippen LogP contribution in [0.2, 0.25) is 0 Å². The molecule has 130 valence electrons. The van der Waals surface area contributed by atoms with Gasteiger partial charge < -0.3 is 19.9 Å². The van der Waals surface area contributed by atoms with E-state index in [0.29, 0.717) is 11.3 Å². The standard InChI is InChI=1S/C15H20N4O5/c1-8-12(22-3)15(2,23-4)14(24-8)18-7-10(19(20)21)11-9(16)5-6-17-13(11)18/h5-8,12,14H,1-4H3,(H2,16,17)/t8?,12?,14?,15-/m1/s1. The Morgan fingerprint density at radius 1 is 1.50 bits per heavy atom. The molecule has 0 aromatic carbocycles. The molecule has 3 rings (SSSR count). The van der Waals surface area contributed by atoms with Crippen LogP contribution in [0.3, 0.4) is 0 Å². The zero-order valence-electron chi connectivity index (χ0n) is 13.9. The molecule has 0 saturated carbocycles.